The van der Waals surface area contributed by atoms with Gasteiger partial charge in [-0.25, -0.2) is 0 Å². The van der Waals surface area contributed by atoms with Crippen LogP contribution in [-0.2, 0) is 0 Å². The van der Waals surface area contributed by atoms with Crippen LogP contribution in [0.25, 0.3) is 0 Å². The van der Waals surface area contributed by atoms with Crippen molar-refractivity contribution in [3.8, 4) is 0 Å². The Kier molecular flexibility index (Phi) is 2.92. The Morgan fingerprint density at radius 1 is 1.00 bits per heavy atom. The molecule has 0 aromatic heterocycles. The molecule has 1 rings (SSSR count). The summed E-state index contributed by atoms with van der Waals surface area (Å²) in [7, 11) is 0. The van der Waals surface area contributed by atoms with Gasteiger partial charge in [0.1, 0.15) is 0 Å². The fourth-order valence-corrected chi connectivity index (χ4v) is 5.73. The van der Waals surface area contributed by atoms with Gasteiger partial charge in [0.15, 0.2) is 0 Å². The van der Waals surface area contributed by atoms with Gasteiger partial charge >= 0.3 is 84.0 Å². The molecule has 11 heavy (non-hydrogen) atoms. The second-order valence-corrected chi connectivity index (χ2v) is 21.5. The van der Waals surface area contributed by atoms with E-state index >= 15 is 0 Å². The van der Waals surface area contributed by atoms with E-state index in [1.807, 2.05) is 0 Å². The van der Waals surface area contributed by atoms with Crippen molar-refractivity contribution in [3.05, 3.63) is 0 Å². The number of hydrogen-bond acceptors (Lipinski definition) is 0. The predicted molar refractivity (Wildman–Crippen MR) is 65.6 cm³/mol. The van der Waals surface area contributed by atoms with Crippen molar-refractivity contribution < 1.29 is 0 Å². The molecule has 2 heteroatoms. The van der Waals surface area contributed by atoms with E-state index in [0.717, 1.165) is 5.66 Å². The summed E-state index contributed by atoms with van der Waals surface area (Å²) in [5, 5.41) is 0. The molecule has 1 saturated carbocycles. The van der Waals surface area contributed by atoms with Crippen LogP contribution in [0.4, 0.5) is 0 Å². The molecule has 0 aromatic rings. The SMILES string of the molecule is CP(C)(C)(I)C1CCCCC1. The fraction of sp³-hybridized carbons (Fsp3) is 1.00. The van der Waals surface area contributed by atoms with Crippen molar-refractivity contribution in [3.63, 3.8) is 0 Å². The summed E-state index contributed by atoms with van der Waals surface area (Å²) in [6, 6.07) is 0. The van der Waals surface area contributed by atoms with Gasteiger partial charge in [-0.1, -0.05) is 0 Å². The van der Waals surface area contributed by atoms with Crippen LogP contribution in [-0.4, -0.2) is 25.7 Å². The van der Waals surface area contributed by atoms with Gasteiger partial charge in [-0.2, -0.15) is 0 Å². The summed E-state index contributed by atoms with van der Waals surface area (Å²) in [6.45, 7) is 7.55. The van der Waals surface area contributed by atoms with E-state index in [0.29, 0.717) is 0 Å². The van der Waals surface area contributed by atoms with Gasteiger partial charge in [-0.15, -0.1) is 0 Å². The Labute approximate surface area is 83.9 Å². The molecule has 0 bridgehead atoms. The van der Waals surface area contributed by atoms with E-state index in [1.165, 1.54) is 32.1 Å². The topological polar surface area (TPSA) is 0 Å². The summed E-state index contributed by atoms with van der Waals surface area (Å²) in [5.74, 6) is 0. The summed E-state index contributed by atoms with van der Waals surface area (Å²) in [5.41, 5.74) is 1.07. The van der Waals surface area contributed by atoms with Crippen LogP contribution in [0.5, 0.6) is 0 Å². The fourth-order valence-electron chi connectivity index (χ4n) is 1.95. The molecule has 0 heterocycles. The molecule has 0 unspecified atom stereocenters. The standard InChI is InChI=1S/C9H20IP/c1-11(2,3,10)9-7-5-4-6-8-9/h9H,4-8H2,1-3H3. The maximum absolute atomic E-state index is 2.76. The molecule has 0 aliphatic heterocycles. The Hall–Kier alpha value is 1.16. The van der Waals surface area contributed by atoms with Crippen LogP contribution in [0.1, 0.15) is 32.1 Å². The first-order valence-corrected chi connectivity index (χ1v) is 11.0. The number of rotatable bonds is 1. The summed E-state index contributed by atoms with van der Waals surface area (Å²) >= 11 is 2.76. The molecule has 1 aliphatic rings. The van der Waals surface area contributed by atoms with Crippen LogP contribution < -0.4 is 0 Å². The molecule has 68 valence electrons. The summed E-state index contributed by atoms with van der Waals surface area (Å²) in [4.78, 5) is 0. The van der Waals surface area contributed by atoms with E-state index in [-0.39, 0.29) is 0 Å². The third-order valence-corrected chi connectivity index (χ3v) is 8.15. The van der Waals surface area contributed by atoms with Crippen molar-refractivity contribution in [2.45, 2.75) is 37.8 Å². The quantitative estimate of drug-likeness (QED) is 0.502. The number of hydrogen-bond donors (Lipinski definition) is 0. The summed E-state index contributed by atoms with van der Waals surface area (Å²) in [6.07, 6.45) is 7.47. The Bertz CT molecular complexity index is 130. The molecular formula is C9H20IP. The van der Waals surface area contributed by atoms with Crippen molar-refractivity contribution >= 4 is 26.3 Å². The number of halogens is 1. The second kappa shape index (κ2) is 3.14. The van der Waals surface area contributed by atoms with E-state index in [1.54, 1.807) is 0 Å². The Morgan fingerprint density at radius 2 is 1.45 bits per heavy atom. The molecule has 1 fully saturated rings. The van der Waals surface area contributed by atoms with Crippen LogP contribution in [0, 0.1) is 0 Å². The van der Waals surface area contributed by atoms with E-state index in [2.05, 4.69) is 42.0 Å². The maximum atomic E-state index is 2.76. The molecule has 0 saturated heterocycles. The molecule has 0 radical (unpaired) electrons. The Morgan fingerprint density at radius 3 is 1.73 bits per heavy atom. The first-order chi connectivity index (χ1) is 4.86. The van der Waals surface area contributed by atoms with Crippen LogP contribution in [0.15, 0.2) is 0 Å². The van der Waals surface area contributed by atoms with E-state index < -0.39 is 4.25 Å². The van der Waals surface area contributed by atoms with Gasteiger partial charge in [-0.3, -0.25) is 0 Å². The molecule has 0 spiro atoms. The minimum absolute atomic E-state index is 1.07. The van der Waals surface area contributed by atoms with Gasteiger partial charge in [-0.05, 0) is 0 Å². The third-order valence-electron chi connectivity index (χ3n) is 2.81. The van der Waals surface area contributed by atoms with Gasteiger partial charge in [0.25, 0.3) is 0 Å². The van der Waals surface area contributed by atoms with Gasteiger partial charge < -0.3 is 0 Å². The predicted octanol–water partition coefficient (Wildman–Crippen LogP) is 4.11. The van der Waals surface area contributed by atoms with Crippen molar-refractivity contribution in [2.75, 3.05) is 20.0 Å². The van der Waals surface area contributed by atoms with Crippen molar-refractivity contribution in [1.29, 1.82) is 0 Å². The van der Waals surface area contributed by atoms with Crippen LogP contribution in [0.3, 0.4) is 0 Å². The molecule has 0 amide bonds. The normalized spacial score (nSPS) is 26.0. The molecule has 0 nitrogen and oxygen atoms in total. The van der Waals surface area contributed by atoms with Crippen molar-refractivity contribution in [1.82, 2.24) is 0 Å². The van der Waals surface area contributed by atoms with Crippen molar-refractivity contribution in [2.24, 2.45) is 0 Å². The van der Waals surface area contributed by atoms with Gasteiger partial charge in [0.05, 0.1) is 0 Å². The van der Waals surface area contributed by atoms with Crippen LogP contribution in [0.2, 0.25) is 0 Å². The van der Waals surface area contributed by atoms with Gasteiger partial charge in [0.2, 0.25) is 0 Å². The zero-order valence-corrected chi connectivity index (χ0v) is 11.0. The average molecular weight is 286 g/mol. The zero-order valence-electron chi connectivity index (χ0n) is 7.94. The monoisotopic (exact) mass is 286 g/mol. The van der Waals surface area contributed by atoms with E-state index in [9.17, 15) is 0 Å². The van der Waals surface area contributed by atoms with Crippen LogP contribution >= 0.6 is 26.3 Å². The Balaban J connectivity index is 2.59. The average Bonchev–Trinajstić information content (AvgIpc) is 1.86. The molecule has 0 aromatic carbocycles. The third kappa shape index (κ3) is 3.18. The molecular weight excluding hydrogens is 266 g/mol. The van der Waals surface area contributed by atoms with E-state index in [4.69, 9.17) is 0 Å². The second-order valence-electron chi connectivity index (χ2n) is 5.01. The minimum atomic E-state index is -1.24. The zero-order chi connectivity index (χ0) is 8.56. The molecule has 0 N–H and O–H groups in total. The first-order valence-electron chi connectivity index (χ1n) is 4.59. The molecule has 0 atom stereocenters. The molecule has 1 aliphatic carbocycles. The summed E-state index contributed by atoms with van der Waals surface area (Å²) < 4.78 is -1.24. The first kappa shape index (κ1) is 10.2. The van der Waals surface area contributed by atoms with Gasteiger partial charge in [0, 0.05) is 0 Å².